The molecule has 19 heavy (non-hydrogen) atoms. The molecule has 2 aliphatic heterocycles. The summed E-state index contributed by atoms with van der Waals surface area (Å²) in [5, 5.41) is 0. The van der Waals surface area contributed by atoms with E-state index in [0.717, 1.165) is 32.1 Å². The van der Waals surface area contributed by atoms with E-state index in [0.29, 0.717) is 25.1 Å². The highest BCUT2D eigenvalue weighted by atomic mass is 16.5. The van der Waals surface area contributed by atoms with Crippen LogP contribution in [0.2, 0.25) is 0 Å². The van der Waals surface area contributed by atoms with E-state index in [1.54, 1.807) is 0 Å². The SMILES string of the molecule is O=CBN1CCC2(CC1)CC(=O)c1ccccc1O2. The quantitative estimate of drug-likeness (QED) is 0.586. The Balaban J connectivity index is 1.78. The summed E-state index contributed by atoms with van der Waals surface area (Å²) in [7, 11) is 0.473. The molecule has 4 nitrogen and oxygen atoms in total. The standard InChI is InChI=1S/C14H16BNO3/c17-10-15-16-7-5-14(6-8-16)9-12(18)11-3-1-2-4-13(11)19-14/h1-4,10,15H,5-9H2. The Morgan fingerprint density at radius 3 is 2.74 bits per heavy atom. The van der Waals surface area contributed by atoms with Gasteiger partial charge in [0.25, 0.3) is 7.41 Å². The van der Waals surface area contributed by atoms with Gasteiger partial charge in [-0.3, -0.25) is 4.79 Å². The molecule has 1 aromatic carbocycles. The van der Waals surface area contributed by atoms with Crippen LogP contribution in [0.15, 0.2) is 24.3 Å². The maximum atomic E-state index is 12.2. The highest BCUT2D eigenvalue weighted by Crippen LogP contribution is 2.38. The van der Waals surface area contributed by atoms with E-state index in [-0.39, 0.29) is 11.4 Å². The van der Waals surface area contributed by atoms with Crippen LogP contribution in [-0.2, 0) is 4.79 Å². The van der Waals surface area contributed by atoms with E-state index in [9.17, 15) is 9.59 Å². The van der Waals surface area contributed by atoms with Crippen molar-refractivity contribution < 1.29 is 14.3 Å². The third kappa shape index (κ3) is 2.30. The van der Waals surface area contributed by atoms with Gasteiger partial charge in [-0.25, -0.2) is 0 Å². The lowest BCUT2D eigenvalue weighted by atomic mass is 9.79. The van der Waals surface area contributed by atoms with Crippen molar-refractivity contribution in [3.63, 3.8) is 0 Å². The molecule has 1 aromatic rings. The minimum Gasteiger partial charge on any atom is -0.486 e. The summed E-state index contributed by atoms with van der Waals surface area (Å²) in [6.45, 7) is 1.63. The molecule has 0 radical (unpaired) electrons. The summed E-state index contributed by atoms with van der Waals surface area (Å²) in [6, 6.07) is 7.45. The fraction of sp³-hybridized carbons (Fsp3) is 0.429. The van der Waals surface area contributed by atoms with Gasteiger partial charge < -0.3 is 14.3 Å². The minimum atomic E-state index is -0.356. The Labute approximate surface area is 113 Å². The normalized spacial score (nSPS) is 21.6. The van der Waals surface area contributed by atoms with Gasteiger partial charge in [0.2, 0.25) is 0 Å². The molecule has 1 fully saturated rings. The number of piperidine rings is 1. The molecule has 2 aliphatic rings. The van der Waals surface area contributed by atoms with Gasteiger partial charge in [0.1, 0.15) is 11.4 Å². The van der Waals surface area contributed by atoms with Crippen LogP contribution in [0, 0.1) is 0 Å². The molecule has 0 bridgehead atoms. The molecule has 0 unspecified atom stereocenters. The summed E-state index contributed by atoms with van der Waals surface area (Å²) < 4.78 is 6.12. The van der Waals surface area contributed by atoms with Crippen LogP contribution < -0.4 is 4.74 Å². The zero-order valence-electron chi connectivity index (χ0n) is 10.8. The lowest BCUT2D eigenvalue weighted by Gasteiger charge is -2.43. The van der Waals surface area contributed by atoms with Gasteiger partial charge in [-0.05, 0) is 38.1 Å². The van der Waals surface area contributed by atoms with Crippen molar-refractivity contribution >= 4 is 19.4 Å². The van der Waals surface area contributed by atoms with Gasteiger partial charge in [-0.1, -0.05) is 12.1 Å². The van der Waals surface area contributed by atoms with E-state index in [1.807, 2.05) is 24.3 Å². The van der Waals surface area contributed by atoms with Gasteiger partial charge in [0.15, 0.2) is 5.78 Å². The number of benzene rings is 1. The van der Waals surface area contributed by atoms with E-state index >= 15 is 0 Å². The average Bonchev–Trinajstić information content (AvgIpc) is 2.42. The van der Waals surface area contributed by atoms with Crippen LogP contribution in [0.25, 0.3) is 0 Å². The number of ketones is 1. The first-order valence-electron chi connectivity index (χ1n) is 6.70. The summed E-state index contributed by atoms with van der Waals surface area (Å²) in [5.74, 6) is 0.883. The van der Waals surface area contributed by atoms with Crippen molar-refractivity contribution in [3.05, 3.63) is 29.8 Å². The van der Waals surface area contributed by atoms with Crippen LogP contribution >= 0.6 is 0 Å². The van der Waals surface area contributed by atoms with Crippen molar-refractivity contribution in [3.8, 4) is 5.75 Å². The Bertz CT molecular complexity index is 509. The minimum absolute atomic E-state index is 0.172. The maximum absolute atomic E-state index is 12.2. The van der Waals surface area contributed by atoms with Crippen molar-refractivity contribution in [1.29, 1.82) is 0 Å². The molecule has 5 heteroatoms. The number of rotatable bonds is 2. The second-order valence-electron chi connectivity index (χ2n) is 5.35. The molecule has 2 heterocycles. The molecule has 98 valence electrons. The van der Waals surface area contributed by atoms with Crippen molar-refractivity contribution in [2.75, 3.05) is 13.1 Å². The highest BCUT2D eigenvalue weighted by molar-refractivity contribution is 6.64. The molecular weight excluding hydrogens is 241 g/mol. The molecule has 0 saturated carbocycles. The number of para-hydroxylation sites is 1. The second kappa shape index (κ2) is 4.81. The third-order valence-electron chi connectivity index (χ3n) is 4.10. The topological polar surface area (TPSA) is 46.6 Å². The molecule has 0 atom stereocenters. The predicted octanol–water partition coefficient (Wildman–Crippen LogP) is 1.03. The number of Topliss-reactive ketones (excluding diaryl/α,β-unsaturated/α-hetero) is 1. The first-order valence-corrected chi connectivity index (χ1v) is 6.70. The lowest BCUT2D eigenvalue weighted by Crippen LogP contribution is -2.51. The highest BCUT2D eigenvalue weighted by Gasteiger charge is 2.42. The largest absolute Gasteiger partial charge is 0.486 e. The third-order valence-corrected chi connectivity index (χ3v) is 4.10. The number of carbonyl (C=O) groups excluding carboxylic acids is 2. The van der Waals surface area contributed by atoms with E-state index in [2.05, 4.69) is 4.81 Å². The van der Waals surface area contributed by atoms with Gasteiger partial charge in [-0.15, -0.1) is 0 Å². The van der Waals surface area contributed by atoms with Crippen LogP contribution in [0.4, 0.5) is 0 Å². The van der Waals surface area contributed by atoms with Crippen LogP contribution in [-0.4, -0.2) is 42.9 Å². The monoisotopic (exact) mass is 257 g/mol. The van der Waals surface area contributed by atoms with Crippen molar-refractivity contribution in [2.24, 2.45) is 0 Å². The van der Waals surface area contributed by atoms with Crippen molar-refractivity contribution in [2.45, 2.75) is 24.9 Å². The van der Waals surface area contributed by atoms with E-state index in [4.69, 9.17) is 4.74 Å². The fourth-order valence-electron chi connectivity index (χ4n) is 2.97. The Morgan fingerprint density at radius 2 is 2.00 bits per heavy atom. The molecule has 0 aromatic heterocycles. The average molecular weight is 257 g/mol. The Kier molecular flexibility index (Phi) is 3.15. The molecule has 1 spiro atoms. The van der Waals surface area contributed by atoms with Gasteiger partial charge in [-0.2, -0.15) is 0 Å². The molecule has 0 aliphatic carbocycles. The number of hydrogen-bond acceptors (Lipinski definition) is 4. The molecular formula is C14H16BNO3. The maximum Gasteiger partial charge on any atom is 0.281 e. The van der Waals surface area contributed by atoms with E-state index in [1.165, 1.54) is 0 Å². The van der Waals surface area contributed by atoms with Gasteiger partial charge in [0.05, 0.1) is 18.2 Å². The van der Waals surface area contributed by atoms with E-state index < -0.39 is 0 Å². The zero-order valence-corrected chi connectivity index (χ0v) is 10.8. The number of carbonyl (C=O) groups is 2. The van der Waals surface area contributed by atoms with Crippen LogP contribution in [0.1, 0.15) is 29.6 Å². The zero-order chi connectivity index (χ0) is 13.3. The summed E-state index contributed by atoms with van der Waals surface area (Å²) in [5.41, 5.74) is 0.341. The smallest absolute Gasteiger partial charge is 0.281 e. The second-order valence-corrected chi connectivity index (χ2v) is 5.35. The number of hydrogen-bond donors (Lipinski definition) is 0. The van der Waals surface area contributed by atoms with Crippen molar-refractivity contribution in [1.82, 2.24) is 4.81 Å². The molecule has 0 amide bonds. The van der Waals surface area contributed by atoms with Crippen LogP contribution in [0.5, 0.6) is 5.75 Å². The summed E-state index contributed by atoms with van der Waals surface area (Å²) >= 11 is 0. The van der Waals surface area contributed by atoms with Crippen LogP contribution in [0.3, 0.4) is 0 Å². The first-order chi connectivity index (χ1) is 9.22. The number of fused-ring (bicyclic) bond motifs is 1. The summed E-state index contributed by atoms with van der Waals surface area (Å²) in [6.07, 6.45) is 3.00. The fourth-order valence-corrected chi connectivity index (χ4v) is 2.97. The summed E-state index contributed by atoms with van der Waals surface area (Å²) in [4.78, 5) is 24.8. The van der Waals surface area contributed by atoms with Gasteiger partial charge >= 0.3 is 0 Å². The van der Waals surface area contributed by atoms with Gasteiger partial charge in [0, 0.05) is 0 Å². The number of nitrogens with zero attached hydrogens (tertiary/aromatic N) is 1. The Morgan fingerprint density at radius 1 is 1.26 bits per heavy atom. The molecule has 3 rings (SSSR count). The lowest BCUT2D eigenvalue weighted by molar-refractivity contribution is 0.00565. The first kappa shape index (κ1) is 12.4. The Hall–Kier alpha value is -1.62. The molecule has 1 saturated heterocycles. The molecule has 0 N–H and O–H groups in total. The predicted molar refractivity (Wildman–Crippen MR) is 73.5 cm³/mol. The number of ether oxygens (including phenoxy) is 1.